The normalized spacial score (nSPS) is 18.4. The van der Waals surface area contributed by atoms with Crippen LogP contribution in [0.25, 0.3) is 10.9 Å². The summed E-state index contributed by atoms with van der Waals surface area (Å²) in [6.45, 7) is 6.94. The number of furan rings is 1. The van der Waals surface area contributed by atoms with Crippen LogP contribution in [-0.2, 0) is 16.1 Å². The van der Waals surface area contributed by atoms with Crippen LogP contribution in [0.1, 0.15) is 38.0 Å². The van der Waals surface area contributed by atoms with Gasteiger partial charge in [-0.3, -0.25) is 14.5 Å². The first kappa shape index (κ1) is 17.8. The highest BCUT2D eigenvalue weighted by molar-refractivity contribution is 6.11. The van der Waals surface area contributed by atoms with E-state index in [-0.39, 0.29) is 24.3 Å². The summed E-state index contributed by atoms with van der Waals surface area (Å²) in [6.07, 6.45) is 3.77. The summed E-state index contributed by atoms with van der Waals surface area (Å²) in [5.74, 6) is 0.330. The molecule has 1 N–H and O–H groups in total. The minimum atomic E-state index is -0.357. The molecule has 0 aliphatic carbocycles. The van der Waals surface area contributed by atoms with Gasteiger partial charge < -0.3 is 14.3 Å². The Morgan fingerprint density at radius 3 is 2.79 bits per heavy atom. The monoisotopic (exact) mass is 389 g/mol. The van der Waals surface area contributed by atoms with Crippen molar-refractivity contribution in [3.8, 4) is 0 Å². The van der Waals surface area contributed by atoms with Crippen molar-refractivity contribution in [2.75, 3.05) is 11.9 Å². The molecule has 6 nitrogen and oxygen atoms in total. The Bertz CT molecular complexity index is 1170. The SMILES string of the molecule is CC(=O)N1CC2=C(C1=O)[C@@H](c1ccco1)c1cn(CC(C)C)c3cccc(c13)N2. The molecule has 0 unspecified atom stereocenters. The molecule has 2 aliphatic rings. The van der Waals surface area contributed by atoms with Crippen LogP contribution in [0, 0.1) is 5.92 Å². The van der Waals surface area contributed by atoms with Gasteiger partial charge >= 0.3 is 0 Å². The molecule has 0 fully saturated rings. The van der Waals surface area contributed by atoms with E-state index < -0.39 is 0 Å². The first-order valence-electron chi connectivity index (χ1n) is 9.93. The van der Waals surface area contributed by atoms with Crippen molar-refractivity contribution in [1.82, 2.24) is 9.47 Å². The van der Waals surface area contributed by atoms with Crippen LogP contribution >= 0.6 is 0 Å². The number of anilines is 1. The van der Waals surface area contributed by atoms with Crippen molar-refractivity contribution in [2.24, 2.45) is 5.92 Å². The lowest BCUT2D eigenvalue weighted by molar-refractivity contribution is -0.139. The average molecular weight is 389 g/mol. The van der Waals surface area contributed by atoms with Gasteiger partial charge in [0.2, 0.25) is 5.91 Å². The largest absolute Gasteiger partial charge is 0.468 e. The predicted molar refractivity (Wildman–Crippen MR) is 110 cm³/mol. The van der Waals surface area contributed by atoms with Crippen LogP contribution in [0.2, 0.25) is 0 Å². The Balaban J connectivity index is 1.78. The summed E-state index contributed by atoms with van der Waals surface area (Å²) < 4.78 is 8.04. The minimum Gasteiger partial charge on any atom is -0.468 e. The lowest BCUT2D eigenvalue weighted by atomic mass is 9.88. The van der Waals surface area contributed by atoms with E-state index in [1.54, 1.807) is 6.26 Å². The molecule has 3 aromatic rings. The second-order valence-corrected chi connectivity index (χ2v) is 8.21. The highest BCUT2D eigenvalue weighted by atomic mass is 16.3. The summed E-state index contributed by atoms with van der Waals surface area (Å²) >= 11 is 0. The summed E-state index contributed by atoms with van der Waals surface area (Å²) in [5, 5.41) is 4.57. The third-order valence-corrected chi connectivity index (χ3v) is 5.71. The van der Waals surface area contributed by atoms with E-state index in [9.17, 15) is 9.59 Å². The van der Waals surface area contributed by atoms with Gasteiger partial charge in [0.1, 0.15) is 5.76 Å². The molecular weight excluding hydrogens is 366 g/mol. The average Bonchev–Trinajstić information content (AvgIpc) is 3.36. The van der Waals surface area contributed by atoms with Crippen molar-refractivity contribution in [3.63, 3.8) is 0 Å². The minimum absolute atomic E-state index is 0.251. The quantitative estimate of drug-likeness (QED) is 0.733. The molecule has 1 aromatic carbocycles. The van der Waals surface area contributed by atoms with E-state index in [1.807, 2.05) is 24.3 Å². The van der Waals surface area contributed by atoms with Gasteiger partial charge in [0.25, 0.3) is 5.91 Å². The molecule has 2 amide bonds. The van der Waals surface area contributed by atoms with Crippen LogP contribution in [0.4, 0.5) is 5.69 Å². The number of nitrogens with one attached hydrogen (secondary N) is 1. The smallest absolute Gasteiger partial charge is 0.259 e. The van der Waals surface area contributed by atoms with Crippen molar-refractivity contribution >= 4 is 28.4 Å². The molecule has 2 aliphatic heterocycles. The van der Waals surface area contributed by atoms with Crippen LogP contribution in [-0.4, -0.2) is 27.8 Å². The summed E-state index contributed by atoms with van der Waals surface area (Å²) in [4.78, 5) is 26.6. The van der Waals surface area contributed by atoms with Crippen molar-refractivity contribution in [2.45, 2.75) is 33.2 Å². The summed E-state index contributed by atoms with van der Waals surface area (Å²) in [5.41, 5.74) is 4.48. The molecule has 0 bridgehead atoms. The number of hydrogen-bond donors (Lipinski definition) is 1. The third-order valence-electron chi connectivity index (χ3n) is 5.71. The van der Waals surface area contributed by atoms with Crippen molar-refractivity contribution < 1.29 is 14.0 Å². The fraction of sp³-hybridized carbons (Fsp3) is 0.304. The Labute approximate surface area is 168 Å². The van der Waals surface area contributed by atoms with Gasteiger partial charge in [0.15, 0.2) is 0 Å². The first-order valence-corrected chi connectivity index (χ1v) is 9.93. The molecule has 29 heavy (non-hydrogen) atoms. The molecule has 0 spiro atoms. The fourth-order valence-corrected chi connectivity index (χ4v) is 4.57. The number of aromatic nitrogens is 1. The second-order valence-electron chi connectivity index (χ2n) is 8.21. The topological polar surface area (TPSA) is 67.5 Å². The molecule has 6 heteroatoms. The van der Waals surface area contributed by atoms with Gasteiger partial charge in [-0.1, -0.05) is 19.9 Å². The van der Waals surface area contributed by atoms with E-state index in [1.165, 1.54) is 11.8 Å². The zero-order valence-corrected chi connectivity index (χ0v) is 16.7. The molecule has 0 saturated heterocycles. The predicted octanol–water partition coefficient (Wildman–Crippen LogP) is 4.09. The number of carbonyl (C=O) groups is 2. The fourth-order valence-electron chi connectivity index (χ4n) is 4.57. The van der Waals surface area contributed by atoms with Crippen LogP contribution in [0.3, 0.4) is 0 Å². The van der Waals surface area contributed by atoms with Crippen molar-refractivity contribution in [3.05, 3.63) is 65.4 Å². The Morgan fingerprint density at radius 2 is 2.10 bits per heavy atom. The van der Waals surface area contributed by atoms with Gasteiger partial charge in [0, 0.05) is 36.4 Å². The maximum absolute atomic E-state index is 13.3. The molecule has 0 saturated carbocycles. The zero-order valence-electron chi connectivity index (χ0n) is 16.7. The molecule has 5 rings (SSSR count). The Hall–Kier alpha value is -3.28. The number of benzene rings is 1. The van der Waals surface area contributed by atoms with Crippen molar-refractivity contribution in [1.29, 1.82) is 0 Å². The number of carbonyl (C=O) groups excluding carboxylic acids is 2. The van der Waals surface area contributed by atoms with Gasteiger partial charge in [-0.15, -0.1) is 0 Å². The van der Waals surface area contributed by atoms with E-state index >= 15 is 0 Å². The van der Waals surface area contributed by atoms with E-state index in [4.69, 9.17) is 4.42 Å². The van der Waals surface area contributed by atoms with Crippen LogP contribution < -0.4 is 5.32 Å². The van der Waals surface area contributed by atoms with Gasteiger partial charge in [-0.25, -0.2) is 0 Å². The molecule has 1 atom stereocenters. The summed E-state index contributed by atoms with van der Waals surface area (Å²) in [7, 11) is 0. The number of imide groups is 1. The lowest BCUT2D eigenvalue weighted by Gasteiger charge is -2.17. The Kier molecular flexibility index (Phi) is 3.91. The molecule has 0 radical (unpaired) electrons. The number of amides is 2. The maximum atomic E-state index is 13.3. The molecule has 2 aromatic heterocycles. The van der Waals surface area contributed by atoms with E-state index in [0.717, 1.165) is 34.4 Å². The van der Waals surface area contributed by atoms with Crippen LogP contribution in [0.5, 0.6) is 0 Å². The lowest BCUT2D eigenvalue weighted by Crippen LogP contribution is -2.33. The molecular formula is C23H23N3O3. The van der Waals surface area contributed by atoms with Crippen LogP contribution in [0.15, 0.2) is 58.5 Å². The number of rotatable bonds is 3. The number of hydrogen-bond acceptors (Lipinski definition) is 4. The van der Waals surface area contributed by atoms with Gasteiger partial charge in [-0.05, 0) is 35.7 Å². The van der Waals surface area contributed by atoms with Gasteiger partial charge in [0.05, 0.1) is 29.8 Å². The number of nitrogens with zero attached hydrogens (tertiary/aromatic N) is 2. The van der Waals surface area contributed by atoms with E-state index in [2.05, 4.69) is 36.0 Å². The molecule has 4 heterocycles. The van der Waals surface area contributed by atoms with E-state index in [0.29, 0.717) is 17.3 Å². The van der Waals surface area contributed by atoms with Gasteiger partial charge in [-0.2, -0.15) is 0 Å². The first-order chi connectivity index (χ1) is 14.0. The standard InChI is InChI=1S/C23H23N3O3/c1-13(2)10-25-11-15-20-16(6-4-7-18(20)25)24-17-12-26(14(3)27)23(28)22(17)21(15)19-8-5-9-29-19/h4-9,11,13,21,24H,10,12H2,1-3H3/t21-/m1/s1. The Morgan fingerprint density at radius 1 is 1.28 bits per heavy atom. The summed E-state index contributed by atoms with van der Waals surface area (Å²) in [6, 6.07) is 9.91. The zero-order chi connectivity index (χ0) is 20.3. The third kappa shape index (κ3) is 2.63. The highest BCUT2D eigenvalue weighted by Gasteiger charge is 2.42. The second kappa shape index (κ2) is 6.37. The maximum Gasteiger partial charge on any atom is 0.259 e. The highest BCUT2D eigenvalue weighted by Crippen LogP contribution is 2.46. The molecule has 148 valence electrons.